The molecule has 3 rings (SSSR count). The van der Waals surface area contributed by atoms with Crippen LogP contribution in [0.2, 0.25) is 0 Å². The van der Waals surface area contributed by atoms with E-state index in [9.17, 15) is 4.79 Å². The summed E-state index contributed by atoms with van der Waals surface area (Å²) >= 11 is 0. The minimum Gasteiger partial charge on any atom is -0.381 e. The molecule has 2 saturated heterocycles. The summed E-state index contributed by atoms with van der Waals surface area (Å²) in [5.41, 5.74) is 1.90. The maximum atomic E-state index is 12.3. The monoisotopic (exact) mass is 302 g/mol. The van der Waals surface area contributed by atoms with Crippen LogP contribution in [0.25, 0.3) is 0 Å². The molecule has 0 bridgehead atoms. The van der Waals surface area contributed by atoms with Crippen LogP contribution in [0.15, 0.2) is 24.3 Å². The van der Waals surface area contributed by atoms with Gasteiger partial charge in [0.05, 0.1) is 6.61 Å². The van der Waals surface area contributed by atoms with Crippen molar-refractivity contribution in [3.05, 3.63) is 35.4 Å². The third kappa shape index (κ3) is 4.08. The smallest absolute Gasteiger partial charge is 0.251 e. The lowest BCUT2D eigenvalue weighted by Gasteiger charge is -2.33. The molecule has 1 atom stereocenters. The molecule has 2 aliphatic heterocycles. The number of rotatable bonds is 4. The summed E-state index contributed by atoms with van der Waals surface area (Å²) in [5.74, 6) is 0.768. The van der Waals surface area contributed by atoms with Gasteiger partial charge >= 0.3 is 0 Å². The Kier molecular flexibility index (Phi) is 5.11. The molecule has 2 aliphatic rings. The molecule has 1 aromatic carbocycles. The summed E-state index contributed by atoms with van der Waals surface area (Å²) in [7, 11) is 0. The van der Waals surface area contributed by atoms with E-state index in [2.05, 4.69) is 10.2 Å². The van der Waals surface area contributed by atoms with Crippen LogP contribution in [-0.2, 0) is 4.74 Å². The maximum Gasteiger partial charge on any atom is 0.251 e. The van der Waals surface area contributed by atoms with Crippen molar-refractivity contribution in [1.29, 1.82) is 0 Å². The van der Waals surface area contributed by atoms with Gasteiger partial charge in [0.1, 0.15) is 0 Å². The molecule has 1 N–H and O–H groups in total. The van der Waals surface area contributed by atoms with E-state index in [0.717, 1.165) is 56.8 Å². The van der Waals surface area contributed by atoms with Crippen molar-refractivity contribution < 1.29 is 9.53 Å². The van der Waals surface area contributed by atoms with Crippen molar-refractivity contribution in [2.24, 2.45) is 5.92 Å². The van der Waals surface area contributed by atoms with E-state index in [1.54, 1.807) is 0 Å². The molecule has 0 spiro atoms. The fraction of sp³-hybridized carbons (Fsp3) is 0.611. The van der Waals surface area contributed by atoms with Crippen molar-refractivity contribution in [2.45, 2.75) is 32.2 Å². The number of carbonyl (C=O) groups excluding carboxylic acids is 1. The number of carbonyl (C=O) groups is 1. The number of ether oxygens (including phenoxy) is 1. The molecule has 2 heterocycles. The van der Waals surface area contributed by atoms with Crippen LogP contribution in [0, 0.1) is 12.8 Å². The fourth-order valence-corrected chi connectivity index (χ4v) is 3.41. The van der Waals surface area contributed by atoms with E-state index in [-0.39, 0.29) is 5.91 Å². The zero-order valence-corrected chi connectivity index (χ0v) is 13.4. The average molecular weight is 302 g/mol. The summed E-state index contributed by atoms with van der Waals surface area (Å²) < 4.78 is 5.45. The van der Waals surface area contributed by atoms with Gasteiger partial charge in [-0.15, -0.1) is 0 Å². The first-order valence-electron chi connectivity index (χ1n) is 8.38. The van der Waals surface area contributed by atoms with Crippen LogP contribution in [0.3, 0.4) is 0 Å². The van der Waals surface area contributed by atoms with Gasteiger partial charge in [-0.05, 0) is 44.2 Å². The molecule has 1 unspecified atom stereocenters. The number of benzene rings is 1. The Morgan fingerprint density at radius 2 is 2.14 bits per heavy atom. The second-order valence-corrected chi connectivity index (χ2v) is 6.65. The molecule has 2 fully saturated rings. The first kappa shape index (κ1) is 15.5. The van der Waals surface area contributed by atoms with E-state index in [1.165, 1.54) is 6.42 Å². The summed E-state index contributed by atoms with van der Waals surface area (Å²) in [6.45, 7) is 7.17. The van der Waals surface area contributed by atoms with Gasteiger partial charge in [0.15, 0.2) is 0 Å². The van der Waals surface area contributed by atoms with Crippen LogP contribution in [-0.4, -0.2) is 49.7 Å². The first-order valence-corrected chi connectivity index (χ1v) is 8.38. The van der Waals surface area contributed by atoms with Gasteiger partial charge in [0, 0.05) is 37.8 Å². The van der Waals surface area contributed by atoms with Crippen LogP contribution < -0.4 is 5.32 Å². The predicted molar refractivity (Wildman–Crippen MR) is 87.0 cm³/mol. The lowest BCUT2D eigenvalue weighted by Crippen LogP contribution is -2.45. The molecule has 4 nitrogen and oxygen atoms in total. The zero-order valence-electron chi connectivity index (χ0n) is 13.4. The van der Waals surface area contributed by atoms with Crippen LogP contribution in [0.1, 0.15) is 35.2 Å². The Balaban J connectivity index is 1.44. The molecule has 0 aromatic heterocycles. The second-order valence-electron chi connectivity index (χ2n) is 6.65. The summed E-state index contributed by atoms with van der Waals surface area (Å²) in [6, 6.07) is 8.10. The SMILES string of the molecule is Cc1cccc(C(=O)NC2CCN(CC3CCOC3)CC2)c1. The Hall–Kier alpha value is -1.39. The number of nitrogens with one attached hydrogen (secondary N) is 1. The minimum atomic E-state index is 0.0614. The van der Waals surface area contributed by atoms with E-state index in [1.807, 2.05) is 31.2 Å². The Labute approximate surface area is 132 Å². The van der Waals surface area contributed by atoms with Gasteiger partial charge in [0.25, 0.3) is 5.91 Å². The van der Waals surface area contributed by atoms with Gasteiger partial charge in [-0.1, -0.05) is 17.7 Å². The highest BCUT2D eigenvalue weighted by Gasteiger charge is 2.24. The molecular weight excluding hydrogens is 276 g/mol. The van der Waals surface area contributed by atoms with Gasteiger partial charge in [-0.3, -0.25) is 4.79 Å². The Morgan fingerprint density at radius 3 is 2.82 bits per heavy atom. The Bertz CT molecular complexity index is 504. The highest BCUT2D eigenvalue weighted by Crippen LogP contribution is 2.18. The van der Waals surface area contributed by atoms with Crippen LogP contribution >= 0.6 is 0 Å². The molecule has 0 saturated carbocycles. The topological polar surface area (TPSA) is 41.6 Å². The molecule has 1 aromatic rings. The number of amides is 1. The number of likely N-dealkylation sites (tertiary alicyclic amines) is 1. The van der Waals surface area contributed by atoms with Crippen LogP contribution in [0.4, 0.5) is 0 Å². The van der Waals surface area contributed by atoms with Gasteiger partial charge in [-0.25, -0.2) is 0 Å². The lowest BCUT2D eigenvalue weighted by molar-refractivity contribution is 0.0903. The third-order valence-electron chi connectivity index (χ3n) is 4.74. The zero-order chi connectivity index (χ0) is 15.4. The highest BCUT2D eigenvalue weighted by molar-refractivity contribution is 5.94. The van der Waals surface area contributed by atoms with Gasteiger partial charge in [0.2, 0.25) is 0 Å². The second kappa shape index (κ2) is 7.25. The van der Waals surface area contributed by atoms with Crippen molar-refractivity contribution in [2.75, 3.05) is 32.8 Å². The number of nitrogens with zero attached hydrogens (tertiary/aromatic N) is 1. The van der Waals surface area contributed by atoms with E-state index >= 15 is 0 Å². The van der Waals surface area contributed by atoms with E-state index in [0.29, 0.717) is 12.0 Å². The predicted octanol–water partition coefficient (Wildman–Crippen LogP) is 2.23. The normalized spacial score (nSPS) is 23.6. The number of piperidine rings is 1. The van der Waals surface area contributed by atoms with E-state index < -0.39 is 0 Å². The highest BCUT2D eigenvalue weighted by atomic mass is 16.5. The first-order chi connectivity index (χ1) is 10.7. The Morgan fingerprint density at radius 1 is 1.32 bits per heavy atom. The van der Waals surface area contributed by atoms with Crippen LogP contribution in [0.5, 0.6) is 0 Å². The third-order valence-corrected chi connectivity index (χ3v) is 4.74. The molecular formula is C18H26N2O2. The molecule has 1 amide bonds. The summed E-state index contributed by atoms with van der Waals surface area (Å²) in [5, 5.41) is 3.19. The quantitative estimate of drug-likeness (QED) is 0.927. The van der Waals surface area contributed by atoms with Crippen molar-refractivity contribution in [3.8, 4) is 0 Å². The fourth-order valence-electron chi connectivity index (χ4n) is 3.41. The minimum absolute atomic E-state index is 0.0614. The number of aryl methyl sites for hydroxylation is 1. The van der Waals surface area contributed by atoms with Crippen molar-refractivity contribution >= 4 is 5.91 Å². The van der Waals surface area contributed by atoms with Gasteiger partial charge in [-0.2, -0.15) is 0 Å². The summed E-state index contributed by atoms with van der Waals surface area (Å²) in [6.07, 6.45) is 3.29. The molecule has 0 radical (unpaired) electrons. The van der Waals surface area contributed by atoms with E-state index in [4.69, 9.17) is 4.74 Å². The largest absolute Gasteiger partial charge is 0.381 e. The molecule has 4 heteroatoms. The summed E-state index contributed by atoms with van der Waals surface area (Å²) in [4.78, 5) is 14.8. The lowest BCUT2D eigenvalue weighted by atomic mass is 10.0. The van der Waals surface area contributed by atoms with Gasteiger partial charge < -0.3 is 15.0 Å². The van der Waals surface area contributed by atoms with Crippen molar-refractivity contribution in [1.82, 2.24) is 10.2 Å². The van der Waals surface area contributed by atoms with Crippen molar-refractivity contribution in [3.63, 3.8) is 0 Å². The molecule has 0 aliphatic carbocycles. The molecule has 22 heavy (non-hydrogen) atoms. The number of hydrogen-bond acceptors (Lipinski definition) is 3. The maximum absolute atomic E-state index is 12.3. The number of hydrogen-bond donors (Lipinski definition) is 1. The average Bonchev–Trinajstić information content (AvgIpc) is 3.02. The standard InChI is InChI=1S/C18H26N2O2/c1-14-3-2-4-16(11-14)18(21)19-17-5-8-20(9-6-17)12-15-7-10-22-13-15/h2-4,11,15,17H,5-10,12-13H2,1H3,(H,19,21). The molecule has 120 valence electrons.